The van der Waals surface area contributed by atoms with Crippen molar-refractivity contribution in [3.63, 3.8) is 0 Å². The number of alkyl halides is 2. The average Bonchev–Trinajstić information content (AvgIpc) is 2.93. The molecule has 1 saturated carbocycles. The minimum Gasteiger partial charge on any atom is -0.493 e. The van der Waals surface area contributed by atoms with Gasteiger partial charge < -0.3 is 24.2 Å². The van der Waals surface area contributed by atoms with Crippen molar-refractivity contribution < 1.29 is 37.7 Å². The van der Waals surface area contributed by atoms with E-state index in [0.717, 1.165) is 5.56 Å². The molecule has 204 valence electrons. The number of halogens is 2. The maximum absolute atomic E-state index is 13.9. The number of ether oxygens (including phenoxy) is 3. The Balaban J connectivity index is 1.45. The van der Waals surface area contributed by atoms with Crippen LogP contribution in [0.2, 0.25) is 0 Å². The van der Waals surface area contributed by atoms with Crippen LogP contribution in [0.25, 0.3) is 0 Å². The Labute approximate surface area is 224 Å². The summed E-state index contributed by atoms with van der Waals surface area (Å²) in [4.78, 5) is 27.6. The molecule has 5 rings (SSSR count). The van der Waals surface area contributed by atoms with Gasteiger partial charge >= 0.3 is 5.97 Å². The van der Waals surface area contributed by atoms with Gasteiger partial charge in [0.25, 0.3) is 11.8 Å². The number of rotatable bonds is 9. The normalized spacial score (nSPS) is 18.9. The summed E-state index contributed by atoms with van der Waals surface area (Å²) in [5, 5.41) is 10.2. The molecule has 3 aromatic rings. The van der Waals surface area contributed by atoms with Crippen LogP contribution >= 0.6 is 0 Å². The van der Waals surface area contributed by atoms with Crippen molar-refractivity contribution >= 4 is 11.9 Å². The number of hydrogen-bond donors (Lipinski definition) is 1. The number of carbonyl (C=O) groups is 2. The second-order valence-corrected chi connectivity index (χ2v) is 9.85. The Hall–Kier alpha value is -3.98. The number of carbonyl (C=O) groups excluding carboxylic acids is 1. The lowest BCUT2D eigenvalue weighted by atomic mass is 9.90. The van der Waals surface area contributed by atoms with Crippen molar-refractivity contribution in [1.82, 2.24) is 4.90 Å². The molecule has 1 fully saturated rings. The number of hydrogen-bond acceptors (Lipinski definition) is 5. The smallest absolute Gasteiger partial charge is 0.326 e. The summed E-state index contributed by atoms with van der Waals surface area (Å²) in [6.07, 6.45) is -2.96. The van der Waals surface area contributed by atoms with Crippen molar-refractivity contribution in [1.29, 1.82) is 0 Å². The average molecular weight is 538 g/mol. The van der Waals surface area contributed by atoms with Crippen LogP contribution in [-0.4, -0.2) is 47.1 Å². The summed E-state index contributed by atoms with van der Waals surface area (Å²) in [5.74, 6) is -3.70. The molecule has 0 radical (unpaired) electrons. The fourth-order valence-corrected chi connectivity index (χ4v) is 5.07. The summed E-state index contributed by atoms with van der Waals surface area (Å²) < 4.78 is 44.6. The summed E-state index contributed by atoms with van der Waals surface area (Å²) in [5.41, 5.74) is 2.78. The maximum atomic E-state index is 13.9. The first kappa shape index (κ1) is 26.6. The van der Waals surface area contributed by atoms with Gasteiger partial charge in [-0.2, -0.15) is 0 Å². The van der Waals surface area contributed by atoms with Crippen molar-refractivity contribution in [2.24, 2.45) is 0 Å². The van der Waals surface area contributed by atoms with Crippen LogP contribution in [0.4, 0.5) is 8.78 Å². The monoisotopic (exact) mass is 537 g/mol. The molecule has 1 aliphatic heterocycles. The van der Waals surface area contributed by atoms with Crippen molar-refractivity contribution in [3.05, 3.63) is 95.1 Å². The first-order chi connectivity index (χ1) is 18.8. The lowest BCUT2D eigenvalue weighted by Crippen LogP contribution is -2.51. The second-order valence-electron chi connectivity index (χ2n) is 9.85. The molecule has 2 aliphatic rings. The SMILES string of the molecule is COc1ccc2c(c1OCc1ccccc1)C[C@@H](C(=O)O)N(C(=O)[C@@H](OC1CC(F)(F)C1)c1ccccc1)C2. The number of carboxylic acids is 1. The molecule has 2 atom stereocenters. The Morgan fingerprint density at radius 3 is 2.31 bits per heavy atom. The molecule has 0 bridgehead atoms. The van der Waals surface area contributed by atoms with Gasteiger partial charge in [-0.25, -0.2) is 13.6 Å². The lowest BCUT2D eigenvalue weighted by molar-refractivity contribution is -0.193. The summed E-state index contributed by atoms with van der Waals surface area (Å²) >= 11 is 0. The summed E-state index contributed by atoms with van der Waals surface area (Å²) in [6.45, 7) is 0.244. The van der Waals surface area contributed by atoms with Gasteiger partial charge in [0.1, 0.15) is 12.6 Å². The highest BCUT2D eigenvalue weighted by Crippen LogP contribution is 2.43. The molecule has 1 amide bonds. The highest BCUT2D eigenvalue weighted by Gasteiger charge is 2.49. The number of benzene rings is 3. The van der Waals surface area contributed by atoms with Crippen LogP contribution in [0.1, 0.15) is 41.2 Å². The molecule has 0 spiro atoms. The van der Waals surface area contributed by atoms with E-state index in [0.29, 0.717) is 28.2 Å². The van der Waals surface area contributed by atoms with Crippen molar-refractivity contribution in [3.8, 4) is 11.5 Å². The summed E-state index contributed by atoms with van der Waals surface area (Å²) in [7, 11) is 1.51. The van der Waals surface area contributed by atoms with E-state index in [1.165, 1.54) is 12.0 Å². The largest absolute Gasteiger partial charge is 0.493 e. The zero-order chi connectivity index (χ0) is 27.6. The maximum Gasteiger partial charge on any atom is 0.326 e. The quantitative estimate of drug-likeness (QED) is 0.406. The molecule has 1 heterocycles. The molecule has 39 heavy (non-hydrogen) atoms. The predicted octanol–water partition coefficient (Wildman–Crippen LogP) is 5.17. The number of amides is 1. The topological polar surface area (TPSA) is 85.3 Å². The van der Waals surface area contributed by atoms with Crippen LogP contribution in [0.3, 0.4) is 0 Å². The molecule has 1 N–H and O–H groups in total. The van der Waals surface area contributed by atoms with Gasteiger partial charge in [0.05, 0.1) is 13.2 Å². The van der Waals surface area contributed by atoms with Crippen LogP contribution in [0.5, 0.6) is 11.5 Å². The van der Waals surface area contributed by atoms with Gasteiger partial charge in [-0.15, -0.1) is 0 Å². The predicted molar refractivity (Wildman–Crippen MR) is 138 cm³/mol. The molecule has 0 aromatic heterocycles. The van der Waals surface area contributed by atoms with E-state index in [1.54, 1.807) is 42.5 Å². The molecule has 0 unspecified atom stereocenters. The second kappa shape index (κ2) is 11.0. The van der Waals surface area contributed by atoms with Gasteiger partial charge in [-0.3, -0.25) is 4.79 Å². The number of carboxylic acid groups (broad SMARTS) is 1. The third kappa shape index (κ3) is 5.73. The third-order valence-corrected chi connectivity index (χ3v) is 7.16. The van der Waals surface area contributed by atoms with Gasteiger partial charge in [0, 0.05) is 31.4 Å². The summed E-state index contributed by atoms with van der Waals surface area (Å²) in [6, 6.07) is 20.4. The Kier molecular flexibility index (Phi) is 7.52. The van der Waals surface area contributed by atoms with E-state index in [1.807, 2.05) is 30.3 Å². The molecule has 1 aliphatic carbocycles. The number of aliphatic carboxylic acids is 1. The van der Waals surface area contributed by atoms with Gasteiger partial charge in [0.15, 0.2) is 17.6 Å². The van der Waals surface area contributed by atoms with Crippen LogP contribution < -0.4 is 9.47 Å². The number of nitrogens with zero attached hydrogens (tertiary/aromatic N) is 1. The zero-order valence-electron chi connectivity index (χ0n) is 21.4. The van der Waals surface area contributed by atoms with E-state index in [4.69, 9.17) is 14.2 Å². The molecule has 7 nitrogen and oxygen atoms in total. The highest BCUT2D eigenvalue weighted by atomic mass is 19.3. The van der Waals surface area contributed by atoms with Crippen LogP contribution in [0, 0.1) is 0 Å². The number of methoxy groups -OCH3 is 1. The molecular formula is C30H29F2NO6. The standard InChI is InChI=1S/C30H29F2NO6/c1-37-25-13-12-21-17-33(24(29(35)36)14-23(21)27(25)38-18-19-8-4-2-5-9-19)28(34)26(20-10-6-3-7-11-20)39-22-15-30(31,32)16-22/h2-13,22,24,26H,14-18H2,1H3,(H,35,36)/t24-,26-/m0/s1. The van der Waals surface area contributed by atoms with Crippen molar-refractivity contribution in [2.45, 2.75) is 56.6 Å². The fraction of sp³-hybridized carbons (Fsp3) is 0.333. The minimum atomic E-state index is -2.82. The Morgan fingerprint density at radius 2 is 1.69 bits per heavy atom. The van der Waals surface area contributed by atoms with E-state index in [2.05, 4.69) is 0 Å². The fourth-order valence-electron chi connectivity index (χ4n) is 5.07. The van der Waals surface area contributed by atoms with Crippen LogP contribution in [-0.2, 0) is 33.9 Å². The minimum absolute atomic E-state index is 0.00958. The zero-order valence-corrected chi connectivity index (χ0v) is 21.4. The molecule has 9 heteroatoms. The van der Waals surface area contributed by atoms with E-state index < -0.39 is 48.9 Å². The van der Waals surface area contributed by atoms with Crippen molar-refractivity contribution in [2.75, 3.05) is 7.11 Å². The van der Waals surface area contributed by atoms with Gasteiger partial charge in [-0.1, -0.05) is 66.7 Å². The van der Waals surface area contributed by atoms with Crippen LogP contribution in [0.15, 0.2) is 72.8 Å². The number of fused-ring (bicyclic) bond motifs is 1. The Bertz CT molecular complexity index is 1330. The van der Waals surface area contributed by atoms with E-state index in [9.17, 15) is 23.5 Å². The third-order valence-electron chi connectivity index (χ3n) is 7.16. The van der Waals surface area contributed by atoms with Gasteiger partial charge in [-0.05, 0) is 22.8 Å². The van der Waals surface area contributed by atoms with E-state index in [-0.39, 0.29) is 19.6 Å². The van der Waals surface area contributed by atoms with Gasteiger partial charge in [0.2, 0.25) is 0 Å². The highest BCUT2D eigenvalue weighted by molar-refractivity contribution is 5.88. The Morgan fingerprint density at radius 1 is 1.03 bits per heavy atom. The molecule has 0 saturated heterocycles. The lowest BCUT2D eigenvalue weighted by Gasteiger charge is -2.40. The van der Waals surface area contributed by atoms with E-state index >= 15 is 0 Å². The first-order valence-electron chi connectivity index (χ1n) is 12.7. The molecular weight excluding hydrogens is 508 g/mol. The first-order valence-corrected chi connectivity index (χ1v) is 12.7. The molecule has 3 aromatic carbocycles.